The highest BCUT2D eigenvalue weighted by atomic mass is 16.5. The lowest BCUT2D eigenvalue weighted by Gasteiger charge is -2.13. The van der Waals surface area contributed by atoms with Crippen LogP contribution in [0.15, 0.2) is 12.1 Å². The molecule has 0 aliphatic carbocycles. The molecule has 4 nitrogen and oxygen atoms in total. The van der Waals surface area contributed by atoms with Crippen LogP contribution in [0.25, 0.3) is 0 Å². The van der Waals surface area contributed by atoms with E-state index in [0.717, 1.165) is 23.5 Å². The third-order valence-corrected chi connectivity index (χ3v) is 2.29. The molecule has 0 heterocycles. The van der Waals surface area contributed by atoms with E-state index < -0.39 is 0 Å². The molecular weight excluding hydrogens is 206 g/mol. The molecule has 0 saturated heterocycles. The molecule has 4 heteroatoms. The average molecular weight is 225 g/mol. The highest BCUT2D eigenvalue weighted by Gasteiger charge is 2.09. The maximum Gasteiger partial charge on any atom is 0.164 e. The molecule has 0 atom stereocenters. The van der Waals surface area contributed by atoms with E-state index in [2.05, 4.69) is 0 Å². The van der Waals surface area contributed by atoms with Crippen molar-refractivity contribution in [2.75, 3.05) is 27.4 Å². The minimum Gasteiger partial charge on any atom is -0.496 e. The van der Waals surface area contributed by atoms with Crippen molar-refractivity contribution in [1.82, 2.24) is 0 Å². The zero-order valence-electron chi connectivity index (χ0n) is 10.1. The Balaban J connectivity index is 2.86. The van der Waals surface area contributed by atoms with Crippen LogP contribution < -0.4 is 19.9 Å². The minimum absolute atomic E-state index is 0.582. The summed E-state index contributed by atoms with van der Waals surface area (Å²) in [6.07, 6.45) is 0.819. The summed E-state index contributed by atoms with van der Waals surface area (Å²) in [5.41, 5.74) is 6.43. The Morgan fingerprint density at radius 2 is 1.75 bits per heavy atom. The van der Waals surface area contributed by atoms with Crippen molar-refractivity contribution in [2.45, 2.75) is 13.3 Å². The summed E-state index contributed by atoms with van der Waals surface area (Å²) in [7, 11) is 3.26. The van der Waals surface area contributed by atoms with Gasteiger partial charge in [-0.05, 0) is 31.5 Å². The summed E-state index contributed by atoms with van der Waals surface area (Å²) in [5.74, 6) is 2.21. The van der Waals surface area contributed by atoms with Crippen LogP contribution in [-0.2, 0) is 0 Å². The molecule has 0 saturated carbocycles. The van der Waals surface area contributed by atoms with E-state index in [-0.39, 0.29) is 0 Å². The predicted octanol–water partition coefficient (Wildman–Crippen LogP) is 1.74. The Morgan fingerprint density at radius 3 is 2.31 bits per heavy atom. The summed E-state index contributed by atoms with van der Waals surface area (Å²) in [6, 6.07) is 3.74. The van der Waals surface area contributed by atoms with Crippen molar-refractivity contribution in [1.29, 1.82) is 0 Å². The lowest BCUT2D eigenvalue weighted by Crippen LogP contribution is -2.07. The van der Waals surface area contributed by atoms with Crippen molar-refractivity contribution in [3.8, 4) is 17.2 Å². The van der Waals surface area contributed by atoms with Gasteiger partial charge in [-0.25, -0.2) is 0 Å². The summed E-state index contributed by atoms with van der Waals surface area (Å²) >= 11 is 0. The molecule has 90 valence electrons. The van der Waals surface area contributed by atoms with Crippen LogP contribution in [0.5, 0.6) is 17.2 Å². The van der Waals surface area contributed by atoms with Crippen LogP contribution >= 0.6 is 0 Å². The molecule has 0 bridgehead atoms. The first-order chi connectivity index (χ1) is 7.72. The summed E-state index contributed by atoms with van der Waals surface area (Å²) in [5, 5.41) is 0. The zero-order chi connectivity index (χ0) is 12.0. The lowest BCUT2D eigenvalue weighted by atomic mass is 10.2. The van der Waals surface area contributed by atoms with Crippen LogP contribution in [0.2, 0.25) is 0 Å². The van der Waals surface area contributed by atoms with Gasteiger partial charge in [0.1, 0.15) is 5.75 Å². The van der Waals surface area contributed by atoms with E-state index in [1.54, 1.807) is 14.2 Å². The highest BCUT2D eigenvalue weighted by molar-refractivity contribution is 5.50. The van der Waals surface area contributed by atoms with Crippen LogP contribution in [0.4, 0.5) is 0 Å². The van der Waals surface area contributed by atoms with Crippen molar-refractivity contribution >= 4 is 0 Å². The molecule has 0 radical (unpaired) electrons. The van der Waals surface area contributed by atoms with Crippen molar-refractivity contribution in [2.24, 2.45) is 5.73 Å². The Hall–Kier alpha value is -1.42. The number of nitrogens with two attached hydrogens (primary N) is 1. The third-order valence-electron chi connectivity index (χ3n) is 2.29. The van der Waals surface area contributed by atoms with Gasteiger partial charge < -0.3 is 19.9 Å². The number of ether oxygens (including phenoxy) is 3. The van der Waals surface area contributed by atoms with E-state index in [9.17, 15) is 0 Å². The van der Waals surface area contributed by atoms with Gasteiger partial charge in [0.25, 0.3) is 0 Å². The van der Waals surface area contributed by atoms with E-state index in [0.29, 0.717) is 18.9 Å². The van der Waals surface area contributed by atoms with Crippen molar-refractivity contribution in [3.05, 3.63) is 17.7 Å². The number of benzene rings is 1. The number of rotatable bonds is 6. The largest absolute Gasteiger partial charge is 0.496 e. The molecule has 0 aromatic heterocycles. The topological polar surface area (TPSA) is 53.7 Å². The SMILES string of the molecule is COc1cc(OCCCN)c(OC)cc1C. The normalized spacial score (nSPS) is 10.0. The van der Waals surface area contributed by atoms with E-state index >= 15 is 0 Å². The van der Waals surface area contributed by atoms with Gasteiger partial charge in [0.05, 0.1) is 20.8 Å². The number of aryl methyl sites for hydroxylation is 1. The van der Waals surface area contributed by atoms with Gasteiger partial charge in [0.15, 0.2) is 11.5 Å². The van der Waals surface area contributed by atoms with Gasteiger partial charge in [0.2, 0.25) is 0 Å². The lowest BCUT2D eigenvalue weighted by molar-refractivity contribution is 0.288. The molecule has 0 amide bonds. The van der Waals surface area contributed by atoms with Crippen LogP contribution in [0.3, 0.4) is 0 Å². The first kappa shape index (κ1) is 12.6. The number of methoxy groups -OCH3 is 2. The summed E-state index contributed by atoms with van der Waals surface area (Å²) < 4.78 is 16.1. The van der Waals surface area contributed by atoms with E-state index in [1.165, 1.54) is 0 Å². The molecule has 0 fully saturated rings. The van der Waals surface area contributed by atoms with Gasteiger partial charge >= 0.3 is 0 Å². The summed E-state index contributed by atoms with van der Waals surface area (Å²) in [6.45, 7) is 3.16. The monoisotopic (exact) mass is 225 g/mol. The summed E-state index contributed by atoms with van der Waals surface area (Å²) in [4.78, 5) is 0. The van der Waals surface area contributed by atoms with Gasteiger partial charge in [0, 0.05) is 6.07 Å². The van der Waals surface area contributed by atoms with Crippen LogP contribution in [0.1, 0.15) is 12.0 Å². The van der Waals surface area contributed by atoms with Gasteiger partial charge in [-0.3, -0.25) is 0 Å². The van der Waals surface area contributed by atoms with Crippen molar-refractivity contribution < 1.29 is 14.2 Å². The second-order valence-corrected chi connectivity index (χ2v) is 3.46. The first-order valence-corrected chi connectivity index (χ1v) is 5.28. The van der Waals surface area contributed by atoms with Crippen molar-refractivity contribution in [3.63, 3.8) is 0 Å². The second kappa shape index (κ2) is 6.23. The maximum absolute atomic E-state index is 5.58. The quantitative estimate of drug-likeness (QED) is 0.749. The van der Waals surface area contributed by atoms with Crippen LogP contribution in [0, 0.1) is 6.92 Å². The fourth-order valence-electron chi connectivity index (χ4n) is 1.40. The average Bonchev–Trinajstić information content (AvgIpc) is 2.30. The molecule has 0 aliphatic heterocycles. The standard InChI is InChI=1S/C12H19NO3/c1-9-7-11(15-3)12(8-10(9)14-2)16-6-4-5-13/h7-8H,4-6,13H2,1-3H3. The Kier molecular flexibility index (Phi) is 4.92. The highest BCUT2D eigenvalue weighted by Crippen LogP contribution is 2.34. The number of hydrogen-bond acceptors (Lipinski definition) is 4. The molecule has 2 N–H and O–H groups in total. The second-order valence-electron chi connectivity index (χ2n) is 3.46. The maximum atomic E-state index is 5.58. The Bertz CT molecular complexity index is 339. The van der Waals surface area contributed by atoms with Gasteiger partial charge in [-0.15, -0.1) is 0 Å². The Morgan fingerprint density at radius 1 is 1.06 bits per heavy atom. The van der Waals surface area contributed by atoms with Gasteiger partial charge in [-0.1, -0.05) is 0 Å². The van der Waals surface area contributed by atoms with Gasteiger partial charge in [-0.2, -0.15) is 0 Å². The molecular formula is C12H19NO3. The van der Waals surface area contributed by atoms with E-state index in [1.807, 2.05) is 19.1 Å². The smallest absolute Gasteiger partial charge is 0.164 e. The fraction of sp³-hybridized carbons (Fsp3) is 0.500. The minimum atomic E-state index is 0.582. The number of hydrogen-bond donors (Lipinski definition) is 1. The fourth-order valence-corrected chi connectivity index (χ4v) is 1.40. The molecule has 1 aromatic carbocycles. The molecule has 16 heavy (non-hydrogen) atoms. The molecule has 1 rings (SSSR count). The predicted molar refractivity (Wildman–Crippen MR) is 63.4 cm³/mol. The Labute approximate surface area is 96.3 Å². The third kappa shape index (κ3) is 3.03. The molecule has 0 aliphatic rings. The zero-order valence-corrected chi connectivity index (χ0v) is 10.1. The van der Waals surface area contributed by atoms with E-state index in [4.69, 9.17) is 19.9 Å². The first-order valence-electron chi connectivity index (χ1n) is 5.28. The molecule has 0 unspecified atom stereocenters. The van der Waals surface area contributed by atoms with Crippen LogP contribution in [-0.4, -0.2) is 27.4 Å². The molecule has 0 spiro atoms. The molecule has 1 aromatic rings.